The number of hydrogen-bond donors (Lipinski definition) is 1. The maximum Gasteiger partial charge on any atom is 0.278 e. The summed E-state index contributed by atoms with van der Waals surface area (Å²) >= 11 is 0. The summed E-state index contributed by atoms with van der Waals surface area (Å²) in [7, 11) is 0. The molecule has 5 nitrogen and oxygen atoms in total. The second-order valence-corrected chi connectivity index (χ2v) is 7.61. The fraction of sp³-hybridized carbons (Fsp3) is 0.160. The Morgan fingerprint density at radius 2 is 1.50 bits per heavy atom. The second kappa shape index (κ2) is 7.95. The highest BCUT2D eigenvalue weighted by molar-refractivity contribution is 6.36. The second-order valence-electron chi connectivity index (χ2n) is 7.61. The first-order chi connectivity index (χ1) is 14.4. The van der Waals surface area contributed by atoms with E-state index in [9.17, 15) is 9.59 Å². The first-order valence-corrected chi connectivity index (χ1v) is 9.85. The Morgan fingerprint density at radius 3 is 2.17 bits per heavy atom. The van der Waals surface area contributed by atoms with Gasteiger partial charge in [-0.05, 0) is 55.7 Å². The summed E-state index contributed by atoms with van der Waals surface area (Å²) in [4.78, 5) is 32.0. The van der Waals surface area contributed by atoms with Gasteiger partial charge in [0, 0.05) is 18.1 Å². The van der Waals surface area contributed by atoms with Crippen LogP contribution >= 0.6 is 0 Å². The monoisotopic (exact) mass is 397 g/mol. The van der Waals surface area contributed by atoms with Crippen molar-refractivity contribution in [3.8, 4) is 0 Å². The Balaban J connectivity index is 1.76. The van der Waals surface area contributed by atoms with Crippen molar-refractivity contribution < 1.29 is 9.59 Å². The quantitative estimate of drug-likeness (QED) is 0.648. The van der Waals surface area contributed by atoms with Crippen LogP contribution in [0.1, 0.15) is 27.8 Å². The van der Waals surface area contributed by atoms with Gasteiger partial charge in [0.05, 0.1) is 12.1 Å². The SMILES string of the molecule is Cc1ccc(C2=C(Nc3ccc(C)cc3C)C(=O)N(Cc3ccncc3)C2=O)cc1. The number of amides is 2. The van der Waals surface area contributed by atoms with Gasteiger partial charge in [0.25, 0.3) is 11.8 Å². The van der Waals surface area contributed by atoms with E-state index in [2.05, 4.69) is 10.3 Å². The minimum Gasteiger partial charge on any atom is -0.350 e. The molecule has 2 heterocycles. The van der Waals surface area contributed by atoms with Crippen molar-refractivity contribution in [3.05, 3.63) is 101 Å². The Hall–Kier alpha value is -3.73. The van der Waals surface area contributed by atoms with Crippen molar-refractivity contribution in [2.45, 2.75) is 27.3 Å². The molecule has 4 rings (SSSR count). The Labute approximate surface area is 176 Å². The van der Waals surface area contributed by atoms with Crippen LogP contribution in [0, 0.1) is 20.8 Å². The molecular formula is C25H23N3O2. The highest BCUT2D eigenvalue weighted by Crippen LogP contribution is 2.32. The first kappa shape index (κ1) is 19.6. The van der Waals surface area contributed by atoms with Crippen LogP contribution in [-0.2, 0) is 16.1 Å². The normalized spacial score (nSPS) is 13.9. The number of rotatable bonds is 5. The molecular weight excluding hydrogens is 374 g/mol. The third-order valence-electron chi connectivity index (χ3n) is 5.24. The van der Waals surface area contributed by atoms with Gasteiger partial charge in [-0.15, -0.1) is 0 Å². The van der Waals surface area contributed by atoms with Crippen LogP contribution in [0.3, 0.4) is 0 Å². The summed E-state index contributed by atoms with van der Waals surface area (Å²) in [6, 6.07) is 17.2. The smallest absolute Gasteiger partial charge is 0.278 e. The molecule has 30 heavy (non-hydrogen) atoms. The van der Waals surface area contributed by atoms with Gasteiger partial charge in [-0.3, -0.25) is 19.5 Å². The highest BCUT2D eigenvalue weighted by Gasteiger charge is 2.39. The summed E-state index contributed by atoms with van der Waals surface area (Å²) in [6.07, 6.45) is 3.31. The van der Waals surface area contributed by atoms with Crippen molar-refractivity contribution in [2.24, 2.45) is 0 Å². The van der Waals surface area contributed by atoms with Crippen molar-refractivity contribution in [1.82, 2.24) is 9.88 Å². The Kier molecular flexibility index (Phi) is 5.19. The molecule has 5 heteroatoms. The minimum absolute atomic E-state index is 0.202. The molecule has 0 aliphatic carbocycles. The fourth-order valence-electron chi connectivity index (χ4n) is 3.58. The van der Waals surface area contributed by atoms with Gasteiger partial charge < -0.3 is 5.32 Å². The maximum atomic E-state index is 13.3. The topological polar surface area (TPSA) is 62.3 Å². The number of aromatic nitrogens is 1. The van der Waals surface area contributed by atoms with Gasteiger partial charge in [0.15, 0.2) is 0 Å². The molecule has 2 aromatic carbocycles. The lowest BCUT2D eigenvalue weighted by molar-refractivity contribution is -0.137. The number of carbonyl (C=O) groups excluding carboxylic acids is 2. The van der Waals surface area contributed by atoms with Crippen LogP contribution < -0.4 is 5.32 Å². The average Bonchev–Trinajstić information content (AvgIpc) is 2.96. The molecule has 0 unspecified atom stereocenters. The molecule has 0 saturated carbocycles. The van der Waals surface area contributed by atoms with E-state index in [1.54, 1.807) is 12.4 Å². The van der Waals surface area contributed by atoms with Crippen molar-refractivity contribution in [2.75, 3.05) is 5.32 Å². The zero-order valence-electron chi connectivity index (χ0n) is 17.3. The predicted molar refractivity (Wildman–Crippen MR) is 117 cm³/mol. The number of hydrogen-bond acceptors (Lipinski definition) is 4. The third-order valence-corrected chi connectivity index (χ3v) is 5.24. The molecule has 150 valence electrons. The van der Waals surface area contributed by atoms with Crippen molar-refractivity contribution in [1.29, 1.82) is 0 Å². The number of aryl methyl sites for hydroxylation is 3. The number of nitrogens with one attached hydrogen (secondary N) is 1. The van der Waals surface area contributed by atoms with Gasteiger partial charge >= 0.3 is 0 Å². The van der Waals surface area contributed by atoms with E-state index in [1.807, 2.05) is 75.4 Å². The minimum atomic E-state index is -0.327. The number of carbonyl (C=O) groups is 2. The van der Waals surface area contributed by atoms with Crippen LogP contribution in [0.15, 0.2) is 72.7 Å². The van der Waals surface area contributed by atoms with Crippen molar-refractivity contribution >= 4 is 23.1 Å². The molecule has 0 radical (unpaired) electrons. The van der Waals surface area contributed by atoms with E-state index >= 15 is 0 Å². The highest BCUT2D eigenvalue weighted by atomic mass is 16.2. The lowest BCUT2D eigenvalue weighted by atomic mass is 10.0. The van der Waals surface area contributed by atoms with E-state index in [0.29, 0.717) is 11.3 Å². The van der Waals surface area contributed by atoms with E-state index in [4.69, 9.17) is 0 Å². The standard InChI is InChI=1S/C25H23N3O2/c1-16-4-7-20(8-5-16)22-23(27-21-9-6-17(2)14-18(21)3)25(30)28(24(22)29)15-19-10-12-26-13-11-19/h4-14,27H,15H2,1-3H3. The first-order valence-electron chi connectivity index (χ1n) is 9.85. The van der Waals surface area contributed by atoms with E-state index in [0.717, 1.165) is 33.5 Å². The van der Waals surface area contributed by atoms with E-state index < -0.39 is 0 Å². The van der Waals surface area contributed by atoms with Crippen LogP contribution in [0.5, 0.6) is 0 Å². The molecule has 0 atom stereocenters. The lowest BCUT2D eigenvalue weighted by Gasteiger charge is -2.15. The van der Waals surface area contributed by atoms with Gasteiger partial charge in [-0.1, -0.05) is 47.5 Å². The molecule has 0 fully saturated rings. The number of anilines is 1. The molecule has 0 spiro atoms. The summed E-state index contributed by atoms with van der Waals surface area (Å²) < 4.78 is 0. The van der Waals surface area contributed by atoms with E-state index in [1.165, 1.54) is 4.90 Å². The fourth-order valence-corrected chi connectivity index (χ4v) is 3.58. The zero-order chi connectivity index (χ0) is 21.3. The molecule has 3 aromatic rings. The average molecular weight is 397 g/mol. The number of nitrogens with zero attached hydrogens (tertiary/aromatic N) is 2. The molecule has 0 saturated heterocycles. The van der Waals surface area contributed by atoms with Crippen LogP contribution in [0.25, 0.3) is 5.57 Å². The van der Waals surface area contributed by atoms with Gasteiger partial charge in [0.2, 0.25) is 0 Å². The lowest BCUT2D eigenvalue weighted by Crippen LogP contribution is -2.32. The van der Waals surface area contributed by atoms with Crippen molar-refractivity contribution in [3.63, 3.8) is 0 Å². The van der Waals surface area contributed by atoms with Crippen LogP contribution in [0.2, 0.25) is 0 Å². The summed E-state index contributed by atoms with van der Waals surface area (Å²) in [6.45, 7) is 6.20. The Morgan fingerprint density at radius 1 is 0.833 bits per heavy atom. The number of pyridine rings is 1. The van der Waals surface area contributed by atoms with E-state index in [-0.39, 0.29) is 18.4 Å². The summed E-state index contributed by atoms with van der Waals surface area (Å²) in [5.41, 5.74) is 6.34. The number of benzene rings is 2. The third kappa shape index (κ3) is 3.74. The molecule has 0 bridgehead atoms. The predicted octanol–water partition coefficient (Wildman–Crippen LogP) is 4.40. The van der Waals surface area contributed by atoms with Gasteiger partial charge in [0.1, 0.15) is 5.70 Å². The molecule has 1 N–H and O–H groups in total. The molecule has 1 aliphatic rings. The maximum absolute atomic E-state index is 13.3. The Bertz CT molecular complexity index is 1150. The summed E-state index contributed by atoms with van der Waals surface area (Å²) in [5.74, 6) is -0.625. The molecule has 1 aromatic heterocycles. The summed E-state index contributed by atoms with van der Waals surface area (Å²) in [5, 5.41) is 3.25. The van der Waals surface area contributed by atoms with Crippen LogP contribution in [0.4, 0.5) is 5.69 Å². The molecule has 2 amide bonds. The van der Waals surface area contributed by atoms with Gasteiger partial charge in [-0.2, -0.15) is 0 Å². The zero-order valence-corrected chi connectivity index (χ0v) is 17.3. The van der Waals surface area contributed by atoms with Crippen LogP contribution in [-0.4, -0.2) is 21.7 Å². The molecule has 1 aliphatic heterocycles. The van der Waals surface area contributed by atoms with Gasteiger partial charge in [-0.25, -0.2) is 0 Å². The largest absolute Gasteiger partial charge is 0.350 e. The number of imide groups is 1.